The van der Waals surface area contributed by atoms with Crippen molar-refractivity contribution in [3.63, 3.8) is 0 Å². The summed E-state index contributed by atoms with van der Waals surface area (Å²) in [4.78, 5) is 38.7. The molecule has 1 unspecified atom stereocenters. The summed E-state index contributed by atoms with van der Waals surface area (Å²) in [5.74, 6) is 2.77. The minimum absolute atomic E-state index is 0.0106. The molecule has 0 aliphatic heterocycles. The van der Waals surface area contributed by atoms with Gasteiger partial charge in [0, 0.05) is 25.5 Å². The lowest BCUT2D eigenvalue weighted by molar-refractivity contribution is -0.122. The Morgan fingerprint density at radius 3 is 2.18 bits per heavy atom. The van der Waals surface area contributed by atoms with Crippen LogP contribution in [0.4, 0.5) is 5.69 Å². The van der Waals surface area contributed by atoms with Gasteiger partial charge in [0.25, 0.3) is 0 Å². The van der Waals surface area contributed by atoms with Crippen molar-refractivity contribution < 1.29 is 33.3 Å². The Kier molecular flexibility index (Phi) is 13.4. The van der Waals surface area contributed by atoms with Crippen LogP contribution in [0.15, 0.2) is 47.3 Å². The summed E-state index contributed by atoms with van der Waals surface area (Å²) in [6.07, 6.45) is 3.91. The topological polar surface area (TPSA) is 133 Å². The molecule has 11 heteroatoms. The number of fused-ring (bicyclic) bond motifs is 3. The van der Waals surface area contributed by atoms with E-state index in [0.717, 1.165) is 35.1 Å². The van der Waals surface area contributed by atoms with Gasteiger partial charge >= 0.3 is 0 Å². The van der Waals surface area contributed by atoms with Crippen molar-refractivity contribution in [3.8, 4) is 39.9 Å². The fourth-order valence-corrected chi connectivity index (χ4v) is 6.59. The SMILES string of the molecule is COc1ccc(C(NC(=O)CCCCCNc2ccc3c(cc2=O)[C@H](NC(C)=O)CCc2cc(OC)c(OC)c(OC)c2-3)C(C)C)cc1OC. The lowest BCUT2D eigenvalue weighted by Gasteiger charge is -2.24. The number of ether oxygens (including phenoxy) is 5. The minimum atomic E-state index is -0.377. The third-order valence-electron chi connectivity index (χ3n) is 9.06. The van der Waals surface area contributed by atoms with Gasteiger partial charge in [-0.1, -0.05) is 32.4 Å². The molecule has 4 rings (SSSR count). The van der Waals surface area contributed by atoms with Gasteiger partial charge in [-0.25, -0.2) is 0 Å². The highest BCUT2D eigenvalue weighted by atomic mass is 16.5. The molecule has 1 aliphatic carbocycles. The van der Waals surface area contributed by atoms with Gasteiger partial charge < -0.3 is 39.6 Å². The molecule has 2 atom stereocenters. The number of anilines is 1. The summed E-state index contributed by atoms with van der Waals surface area (Å²) in [5.41, 5.74) is 4.49. The molecule has 3 N–H and O–H groups in total. The Morgan fingerprint density at radius 1 is 0.820 bits per heavy atom. The molecule has 270 valence electrons. The van der Waals surface area contributed by atoms with Gasteiger partial charge in [-0.3, -0.25) is 14.4 Å². The van der Waals surface area contributed by atoms with Gasteiger partial charge in [-0.15, -0.1) is 0 Å². The van der Waals surface area contributed by atoms with Gasteiger partial charge in [0.05, 0.1) is 53.3 Å². The zero-order chi connectivity index (χ0) is 36.4. The van der Waals surface area contributed by atoms with E-state index in [9.17, 15) is 14.4 Å². The second-order valence-corrected chi connectivity index (χ2v) is 12.7. The molecule has 2 amide bonds. The molecule has 0 fully saturated rings. The van der Waals surface area contributed by atoms with Gasteiger partial charge in [-0.2, -0.15) is 0 Å². The molecule has 0 bridgehead atoms. The number of hydrogen-bond acceptors (Lipinski definition) is 9. The van der Waals surface area contributed by atoms with E-state index in [2.05, 4.69) is 29.8 Å². The standard InChI is InChI=1S/C39H51N3O8/c1-23(2)37(26-14-18-32(46-4)33(21-26)47-5)42-35(45)12-10-9-11-19-40-30-17-15-27-28(22-31(30)44)29(41-24(3)43)16-13-25-20-34(48-6)38(49-7)39(50-8)36(25)27/h14-15,17-18,20-23,29,37H,9-13,16,19H2,1-8H3,(H,40,44)(H,41,43)(H,42,45)/t29-,37?/m1/s1. The molecule has 0 heterocycles. The first-order valence-corrected chi connectivity index (χ1v) is 17.1. The second kappa shape index (κ2) is 17.6. The van der Waals surface area contributed by atoms with Crippen LogP contribution in [0.2, 0.25) is 0 Å². The number of carbonyl (C=O) groups excluding carboxylic acids is 2. The summed E-state index contributed by atoms with van der Waals surface area (Å²) in [5, 5.41) is 9.52. The maximum atomic E-state index is 13.6. The molecule has 0 spiro atoms. The summed E-state index contributed by atoms with van der Waals surface area (Å²) in [6.45, 7) is 6.18. The number of hydrogen-bond donors (Lipinski definition) is 3. The average Bonchev–Trinajstić information content (AvgIpc) is 3.35. The van der Waals surface area contributed by atoms with Crippen molar-refractivity contribution in [3.05, 3.63) is 69.4 Å². The van der Waals surface area contributed by atoms with Crippen molar-refractivity contribution >= 4 is 17.5 Å². The van der Waals surface area contributed by atoms with Crippen LogP contribution in [0.25, 0.3) is 11.1 Å². The molecule has 50 heavy (non-hydrogen) atoms. The predicted molar refractivity (Wildman–Crippen MR) is 195 cm³/mol. The quantitative estimate of drug-likeness (QED) is 0.147. The monoisotopic (exact) mass is 689 g/mol. The molecule has 11 nitrogen and oxygen atoms in total. The Balaban J connectivity index is 1.44. The number of aryl methyl sites for hydroxylation is 1. The summed E-state index contributed by atoms with van der Waals surface area (Å²) < 4.78 is 28.0. The van der Waals surface area contributed by atoms with Crippen LogP contribution in [0.5, 0.6) is 28.7 Å². The maximum Gasteiger partial charge on any atom is 0.220 e. The van der Waals surface area contributed by atoms with E-state index in [1.54, 1.807) is 47.7 Å². The minimum Gasteiger partial charge on any atom is -0.493 e. The number of benzene rings is 2. The number of unbranched alkanes of at least 4 members (excludes halogenated alkanes) is 2. The van der Waals surface area contributed by atoms with Crippen LogP contribution >= 0.6 is 0 Å². The molecular weight excluding hydrogens is 638 g/mol. The fourth-order valence-electron chi connectivity index (χ4n) is 6.59. The first-order valence-electron chi connectivity index (χ1n) is 17.1. The third kappa shape index (κ3) is 8.80. The number of nitrogens with one attached hydrogen (secondary N) is 3. The number of carbonyl (C=O) groups is 2. The van der Waals surface area contributed by atoms with Crippen molar-refractivity contribution in [2.45, 2.75) is 71.4 Å². The number of rotatable bonds is 16. The molecule has 0 radical (unpaired) electrons. The van der Waals surface area contributed by atoms with E-state index in [1.807, 2.05) is 30.3 Å². The lowest BCUT2D eigenvalue weighted by atomic mass is 9.95. The predicted octanol–water partition coefficient (Wildman–Crippen LogP) is 6.37. The lowest BCUT2D eigenvalue weighted by Crippen LogP contribution is -2.31. The molecule has 0 saturated heterocycles. The summed E-state index contributed by atoms with van der Waals surface area (Å²) in [7, 11) is 7.91. The Labute approximate surface area is 295 Å². The van der Waals surface area contributed by atoms with Crippen LogP contribution in [0.3, 0.4) is 0 Å². The van der Waals surface area contributed by atoms with Crippen molar-refractivity contribution in [1.82, 2.24) is 10.6 Å². The second-order valence-electron chi connectivity index (χ2n) is 12.7. The highest BCUT2D eigenvalue weighted by molar-refractivity contribution is 5.84. The smallest absolute Gasteiger partial charge is 0.220 e. The zero-order valence-corrected chi connectivity index (χ0v) is 30.5. The highest BCUT2D eigenvalue weighted by Crippen LogP contribution is 2.50. The molecule has 3 aromatic carbocycles. The van der Waals surface area contributed by atoms with Crippen LogP contribution in [0.1, 0.15) is 81.6 Å². The van der Waals surface area contributed by atoms with E-state index < -0.39 is 0 Å². The largest absolute Gasteiger partial charge is 0.493 e. The average molecular weight is 690 g/mol. The van der Waals surface area contributed by atoms with E-state index >= 15 is 0 Å². The van der Waals surface area contributed by atoms with Crippen molar-refractivity contribution in [1.29, 1.82) is 0 Å². The molecule has 0 aromatic heterocycles. The third-order valence-corrected chi connectivity index (χ3v) is 9.06. The van der Waals surface area contributed by atoms with Crippen molar-refractivity contribution in [2.75, 3.05) is 47.4 Å². The zero-order valence-electron chi connectivity index (χ0n) is 30.5. The van der Waals surface area contributed by atoms with Gasteiger partial charge in [0.1, 0.15) is 0 Å². The molecule has 3 aromatic rings. The van der Waals surface area contributed by atoms with E-state index in [-0.39, 0.29) is 35.2 Å². The van der Waals surface area contributed by atoms with Crippen LogP contribution in [-0.4, -0.2) is 53.9 Å². The van der Waals surface area contributed by atoms with E-state index in [1.165, 1.54) is 6.92 Å². The maximum absolute atomic E-state index is 13.6. The Bertz CT molecular complexity index is 1720. The normalized spacial score (nSPS) is 14.0. The van der Waals surface area contributed by atoms with E-state index in [4.69, 9.17) is 23.7 Å². The number of amides is 2. The molecule has 1 aliphatic rings. The highest BCUT2D eigenvalue weighted by Gasteiger charge is 2.29. The molecule has 0 saturated carbocycles. The first kappa shape index (κ1) is 37.9. The molecular formula is C39H51N3O8. The fraction of sp³-hybridized carbons (Fsp3) is 0.462. The Hall–Kier alpha value is -4.93. The number of methoxy groups -OCH3 is 5. The van der Waals surface area contributed by atoms with Gasteiger partial charge in [0.15, 0.2) is 23.0 Å². The van der Waals surface area contributed by atoms with Gasteiger partial charge in [0.2, 0.25) is 23.0 Å². The Morgan fingerprint density at radius 2 is 1.54 bits per heavy atom. The summed E-state index contributed by atoms with van der Waals surface area (Å²) in [6, 6.07) is 12.4. The van der Waals surface area contributed by atoms with Crippen LogP contribution < -0.4 is 45.1 Å². The first-order chi connectivity index (χ1) is 24.1. The van der Waals surface area contributed by atoms with Crippen LogP contribution in [0, 0.1) is 5.92 Å². The summed E-state index contributed by atoms with van der Waals surface area (Å²) >= 11 is 0. The van der Waals surface area contributed by atoms with E-state index in [0.29, 0.717) is 72.2 Å². The van der Waals surface area contributed by atoms with Crippen LogP contribution in [-0.2, 0) is 16.0 Å². The van der Waals surface area contributed by atoms with Crippen molar-refractivity contribution in [2.24, 2.45) is 5.92 Å². The van der Waals surface area contributed by atoms with Gasteiger partial charge in [-0.05, 0) is 84.2 Å².